The number of halogens is 1. The zero-order valence-electron chi connectivity index (χ0n) is 16.8. The van der Waals surface area contributed by atoms with Crippen LogP contribution in [0.3, 0.4) is 0 Å². The van der Waals surface area contributed by atoms with Gasteiger partial charge in [-0.05, 0) is 45.1 Å². The number of amides is 1. The van der Waals surface area contributed by atoms with Crippen LogP contribution in [-0.4, -0.2) is 49.2 Å². The van der Waals surface area contributed by atoms with E-state index < -0.39 is 5.60 Å². The lowest BCUT2D eigenvalue weighted by Gasteiger charge is -2.33. The molecule has 7 heteroatoms. The maximum Gasteiger partial charge on any atom is 0.410 e. The maximum absolute atomic E-state index is 12.1. The number of benzene rings is 1. The van der Waals surface area contributed by atoms with Gasteiger partial charge < -0.3 is 20.3 Å². The van der Waals surface area contributed by atoms with Gasteiger partial charge in [0, 0.05) is 33.2 Å². The Labute approximate surface area is 180 Å². The molecule has 2 N–H and O–H groups in total. The standard InChI is InChI=1S/C20H32N4O2.HI/c1-20(2,3)26-19(25)24-12-10-17(11-13-24)15-23-18(21-4)22-14-16-8-6-5-7-9-16;/h5-9,17H,10-15H2,1-4H3,(H2,21,22,23);1H. The first-order valence-corrected chi connectivity index (χ1v) is 9.34. The van der Waals surface area contributed by atoms with E-state index in [0.29, 0.717) is 5.92 Å². The number of carbonyl (C=O) groups is 1. The summed E-state index contributed by atoms with van der Waals surface area (Å²) in [5, 5.41) is 6.73. The number of nitrogens with zero attached hydrogens (tertiary/aromatic N) is 2. The average molecular weight is 488 g/mol. The summed E-state index contributed by atoms with van der Waals surface area (Å²) in [4.78, 5) is 18.2. The molecule has 152 valence electrons. The molecule has 0 spiro atoms. The molecule has 0 aromatic heterocycles. The Hall–Kier alpha value is -1.51. The van der Waals surface area contributed by atoms with E-state index in [2.05, 4.69) is 27.8 Å². The van der Waals surface area contributed by atoms with E-state index in [4.69, 9.17) is 4.74 Å². The highest BCUT2D eigenvalue weighted by Crippen LogP contribution is 2.19. The molecule has 6 nitrogen and oxygen atoms in total. The molecule has 2 rings (SSSR count). The van der Waals surface area contributed by atoms with Crippen molar-refractivity contribution in [3.63, 3.8) is 0 Å². The summed E-state index contributed by atoms with van der Waals surface area (Å²) in [7, 11) is 1.78. The second kappa shape index (κ2) is 11.4. The number of guanidine groups is 1. The van der Waals surface area contributed by atoms with Crippen molar-refractivity contribution in [3.05, 3.63) is 35.9 Å². The monoisotopic (exact) mass is 488 g/mol. The third kappa shape index (κ3) is 8.81. The lowest BCUT2D eigenvalue weighted by Crippen LogP contribution is -2.45. The van der Waals surface area contributed by atoms with Crippen molar-refractivity contribution in [2.45, 2.75) is 45.8 Å². The first-order chi connectivity index (χ1) is 12.4. The van der Waals surface area contributed by atoms with Gasteiger partial charge in [0.15, 0.2) is 5.96 Å². The van der Waals surface area contributed by atoms with Crippen LogP contribution in [0.15, 0.2) is 35.3 Å². The van der Waals surface area contributed by atoms with Gasteiger partial charge in [-0.2, -0.15) is 0 Å². The smallest absolute Gasteiger partial charge is 0.410 e. The summed E-state index contributed by atoms with van der Waals surface area (Å²) in [6.07, 6.45) is 1.74. The summed E-state index contributed by atoms with van der Waals surface area (Å²) in [5.41, 5.74) is 0.785. The van der Waals surface area contributed by atoms with Crippen LogP contribution in [-0.2, 0) is 11.3 Å². The molecule has 1 saturated heterocycles. The van der Waals surface area contributed by atoms with Gasteiger partial charge in [0.2, 0.25) is 0 Å². The Balaban J connectivity index is 0.00000364. The van der Waals surface area contributed by atoms with Crippen molar-refractivity contribution in [1.82, 2.24) is 15.5 Å². The van der Waals surface area contributed by atoms with Gasteiger partial charge in [-0.25, -0.2) is 4.79 Å². The highest BCUT2D eigenvalue weighted by molar-refractivity contribution is 14.0. The number of carbonyl (C=O) groups excluding carboxylic acids is 1. The van der Waals surface area contributed by atoms with Crippen molar-refractivity contribution in [2.75, 3.05) is 26.7 Å². The van der Waals surface area contributed by atoms with Crippen LogP contribution in [0.4, 0.5) is 4.79 Å². The van der Waals surface area contributed by atoms with Crippen molar-refractivity contribution in [1.29, 1.82) is 0 Å². The highest BCUT2D eigenvalue weighted by Gasteiger charge is 2.26. The molecule has 1 amide bonds. The summed E-state index contributed by atoms with van der Waals surface area (Å²) in [5.74, 6) is 1.34. The topological polar surface area (TPSA) is 66.0 Å². The summed E-state index contributed by atoms with van der Waals surface area (Å²) in [6.45, 7) is 8.80. The Morgan fingerprint density at radius 1 is 1.19 bits per heavy atom. The van der Waals surface area contributed by atoms with Crippen molar-refractivity contribution >= 4 is 36.0 Å². The summed E-state index contributed by atoms with van der Waals surface area (Å²) < 4.78 is 5.44. The third-order valence-corrected chi connectivity index (χ3v) is 4.35. The SMILES string of the molecule is CN=C(NCc1ccccc1)NCC1CCN(C(=O)OC(C)(C)C)CC1.I. The van der Waals surface area contributed by atoms with E-state index >= 15 is 0 Å². The molecule has 0 aliphatic carbocycles. The first kappa shape index (κ1) is 23.5. The first-order valence-electron chi connectivity index (χ1n) is 9.34. The lowest BCUT2D eigenvalue weighted by atomic mass is 9.97. The van der Waals surface area contributed by atoms with E-state index in [-0.39, 0.29) is 30.1 Å². The molecular formula is C20H33IN4O2. The Kier molecular flexibility index (Phi) is 9.90. The zero-order chi connectivity index (χ0) is 19.0. The molecule has 1 aliphatic heterocycles. The minimum atomic E-state index is -0.438. The molecule has 1 aromatic rings. The molecule has 1 heterocycles. The second-order valence-corrected chi connectivity index (χ2v) is 7.70. The molecule has 1 aromatic carbocycles. The fraction of sp³-hybridized carbons (Fsp3) is 0.600. The Morgan fingerprint density at radius 2 is 1.81 bits per heavy atom. The van der Waals surface area contributed by atoms with E-state index in [9.17, 15) is 4.79 Å². The number of ether oxygens (including phenoxy) is 1. The number of likely N-dealkylation sites (tertiary alicyclic amines) is 1. The Morgan fingerprint density at radius 3 is 2.37 bits per heavy atom. The van der Waals surface area contributed by atoms with Crippen molar-refractivity contribution in [3.8, 4) is 0 Å². The van der Waals surface area contributed by atoms with Gasteiger partial charge in [0.1, 0.15) is 5.60 Å². The van der Waals surface area contributed by atoms with Gasteiger partial charge in [-0.3, -0.25) is 4.99 Å². The minimum Gasteiger partial charge on any atom is -0.444 e. The second-order valence-electron chi connectivity index (χ2n) is 7.70. The van der Waals surface area contributed by atoms with Crippen LogP contribution < -0.4 is 10.6 Å². The predicted molar refractivity (Wildman–Crippen MR) is 121 cm³/mol. The number of hydrogen-bond acceptors (Lipinski definition) is 3. The number of piperidine rings is 1. The van der Waals surface area contributed by atoms with E-state index in [1.54, 1.807) is 7.05 Å². The average Bonchev–Trinajstić information content (AvgIpc) is 2.62. The van der Waals surface area contributed by atoms with Gasteiger partial charge in [0.05, 0.1) is 0 Å². The molecule has 0 radical (unpaired) electrons. The van der Waals surface area contributed by atoms with Crippen molar-refractivity contribution in [2.24, 2.45) is 10.9 Å². The Bertz CT molecular complexity index is 594. The quantitative estimate of drug-likeness (QED) is 0.386. The van der Waals surface area contributed by atoms with Crippen LogP contribution in [0.25, 0.3) is 0 Å². The van der Waals surface area contributed by atoms with Gasteiger partial charge in [-0.15, -0.1) is 24.0 Å². The van der Waals surface area contributed by atoms with Crippen LogP contribution in [0.2, 0.25) is 0 Å². The van der Waals surface area contributed by atoms with Crippen LogP contribution >= 0.6 is 24.0 Å². The van der Waals surface area contributed by atoms with E-state index in [0.717, 1.165) is 45.0 Å². The largest absolute Gasteiger partial charge is 0.444 e. The van der Waals surface area contributed by atoms with Crippen LogP contribution in [0.1, 0.15) is 39.2 Å². The number of aliphatic imine (C=N–C) groups is 1. The predicted octanol–water partition coefficient (Wildman–Crippen LogP) is 3.62. The van der Waals surface area contributed by atoms with E-state index in [1.807, 2.05) is 43.9 Å². The minimum absolute atomic E-state index is 0. The zero-order valence-corrected chi connectivity index (χ0v) is 19.2. The molecule has 1 fully saturated rings. The number of rotatable bonds is 4. The van der Waals surface area contributed by atoms with Crippen LogP contribution in [0.5, 0.6) is 0 Å². The van der Waals surface area contributed by atoms with Crippen LogP contribution in [0, 0.1) is 5.92 Å². The van der Waals surface area contributed by atoms with Crippen molar-refractivity contribution < 1.29 is 9.53 Å². The summed E-state index contributed by atoms with van der Waals surface area (Å²) >= 11 is 0. The van der Waals surface area contributed by atoms with Gasteiger partial charge in [-0.1, -0.05) is 30.3 Å². The van der Waals surface area contributed by atoms with E-state index in [1.165, 1.54) is 5.56 Å². The highest BCUT2D eigenvalue weighted by atomic mass is 127. The maximum atomic E-state index is 12.1. The molecule has 0 saturated carbocycles. The molecule has 0 unspecified atom stereocenters. The molecule has 0 atom stereocenters. The van der Waals surface area contributed by atoms with Gasteiger partial charge >= 0.3 is 6.09 Å². The number of nitrogens with one attached hydrogen (secondary N) is 2. The third-order valence-electron chi connectivity index (χ3n) is 4.35. The molecule has 27 heavy (non-hydrogen) atoms. The number of hydrogen-bond donors (Lipinski definition) is 2. The molecular weight excluding hydrogens is 455 g/mol. The fourth-order valence-electron chi connectivity index (χ4n) is 2.89. The molecule has 0 bridgehead atoms. The van der Waals surface area contributed by atoms with Gasteiger partial charge in [0.25, 0.3) is 0 Å². The summed E-state index contributed by atoms with van der Waals surface area (Å²) in [6, 6.07) is 10.3. The normalized spacial score (nSPS) is 15.7. The molecule has 1 aliphatic rings. The lowest BCUT2D eigenvalue weighted by molar-refractivity contribution is 0.0185. The fourth-order valence-corrected chi connectivity index (χ4v) is 2.89.